The number of para-hydroxylation sites is 4. The molecule has 7 heteroatoms. The van der Waals surface area contributed by atoms with Gasteiger partial charge in [-0.3, -0.25) is 9.59 Å². The van der Waals surface area contributed by atoms with Gasteiger partial charge in [0.15, 0.2) is 6.10 Å². The molecule has 2 aromatic carbocycles. The van der Waals surface area contributed by atoms with E-state index in [1.54, 1.807) is 11.0 Å². The van der Waals surface area contributed by atoms with Gasteiger partial charge in [0.25, 0.3) is 5.91 Å². The first kappa shape index (κ1) is 18.0. The van der Waals surface area contributed by atoms with Crippen LogP contribution in [-0.4, -0.2) is 40.6 Å². The second-order valence-corrected chi connectivity index (χ2v) is 6.79. The molecule has 1 unspecified atom stereocenters. The van der Waals surface area contributed by atoms with Gasteiger partial charge in [-0.15, -0.1) is 0 Å². The van der Waals surface area contributed by atoms with Crippen molar-refractivity contribution in [1.82, 2.24) is 14.9 Å². The number of carbonyl (C=O) groups is 2. The molecule has 0 saturated carbocycles. The predicted molar refractivity (Wildman–Crippen MR) is 106 cm³/mol. The summed E-state index contributed by atoms with van der Waals surface area (Å²) in [7, 11) is 0. The Bertz CT molecular complexity index is 1040. The molecular formula is C21H22N4O3. The van der Waals surface area contributed by atoms with Crippen LogP contribution in [0.3, 0.4) is 0 Å². The van der Waals surface area contributed by atoms with Crippen LogP contribution < -0.4 is 15.0 Å². The zero-order chi connectivity index (χ0) is 19.7. The zero-order valence-corrected chi connectivity index (χ0v) is 15.9. The van der Waals surface area contributed by atoms with Gasteiger partial charge in [0.1, 0.15) is 11.6 Å². The number of aryl methyl sites for hydroxylation is 1. The van der Waals surface area contributed by atoms with Crippen LogP contribution in [0.25, 0.3) is 11.0 Å². The molecular weight excluding hydrogens is 356 g/mol. The molecule has 3 aromatic rings. The van der Waals surface area contributed by atoms with E-state index in [1.165, 1.54) is 6.92 Å². The second kappa shape index (κ2) is 7.34. The summed E-state index contributed by atoms with van der Waals surface area (Å²) in [5.74, 6) is 1.10. The van der Waals surface area contributed by atoms with Gasteiger partial charge in [-0.05, 0) is 31.2 Å². The standard InChI is InChI=1S/C21H22N4O3/c1-14-23-16-7-3-4-8-17(16)24(14)12-11-22-21(27)20-13-25(15(2)26)18-9-5-6-10-19(18)28-20/h3-10,20H,11-13H2,1-2H3,(H,22,27). The minimum absolute atomic E-state index is 0.117. The lowest BCUT2D eigenvalue weighted by Gasteiger charge is -2.33. The van der Waals surface area contributed by atoms with Crippen LogP contribution in [-0.2, 0) is 16.1 Å². The van der Waals surface area contributed by atoms with Gasteiger partial charge in [-0.25, -0.2) is 4.98 Å². The highest BCUT2D eigenvalue weighted by molar-refractivity contribution is 5.95. The first-order chi connectivity index (χ1) is 13.5. The number of aromatic nitrogens is 2. The minimum atomic E-state index is -0.737. The molecule has 7 nitrogen and oxygen atoms in total. The smallest absolute Gasteiger partial charge is 0.263 e. The lowest BCUT2D eigenvalue weighted by molar-refractivity contribution is -0.128. The Labute approximate surface area is 162 Å². The number of amides is 2. The van der Waals surface area contributed by atoms with Crippen LogP contribution in [0.4, 0.5) is 5.69 Å². The normalized spacial score (nSPS) is 15.8. The maximum atomic E-state index is 12.7. The second-order valence-electron chi connectivity index (χ2n) is 6.79. The molecule has 144 valence electrons. The molecule has 0 aliphatic carbocycles. The van der Waals surface area contributed by atoms with Crippen molar-refractivity contribution in [2.45, 2.75) is 26.5 Å². The summed E-state index contributed by atoms with van der Waals surface area (Å²) in [6, 6.07) is 15.2. The van der Waals surface area contributed by atoms with Crippen LogP contribution in [0.2, 0.25) is 0 Å². The average molecular weight is 378 g/mol. The Morgan fingerprint density at radius 2 is 1.93 bits per heavy atom. The van der Waals surface area contributed by atoms with Crippen LogP contribution in [0.5, 0.6) is 5.75 Å². The number of carbonyl (C=O) groups excluding carboxylic acids is 2. The molecule has 1 aromatic heterocycles. The van der Waals surface area contributed by atoms with E-state index in [4.69, 9.17) is 4.74 Å². The Balaban J connectivity index is 1.43. The van der Waals surface area contributed by atoms with Crippen LogP contribution >= 0.6 is 0 Å². The lowest BCUT2D eigenvalue weighted by Crippen LogP contribution is -2.50. The third-order valence-corrected chi connectivity index (χ3v) is 4.93. The van der Waals surface area contributed by atoms with Crippen molar-refractivity contribution in [3.63, 3.8) is 0 Å². The lowest BCUT2D eigenvalue weighted by atomic mass is 10.1. The van der Waals surface area contributed by atoms with E-state index in [1.807, 2.05) is 49.4 Å². The van der Waals surface area contributed by atoms with Crippen LogP contribution in [0.15, 0.2) is 48.5 Å². The van der Waals surface area contributed by atoms with Gasteiger partial charge in [-0.1, -0.05) is 24.3 Å². The van der Waals surface area contributed by atoms with Gasteiger partial charge in [0.2, 0.25) is 5.91 Å². The van der Waals surface area contributed by atoms with Gasteiger partial charge in [0, 0.05) is 20.0 Å². The Hall–Kier alpha value is -3.35. The highest BCUT2D eigenvalue weighted by atomic mass is 16.5. The van der Waals surface area contributed by atoms with E-state index in [-0.39, 0.29) is 18.4 Å². The fourth-order valence-corrected chi connectivity index (χ4v) is 3.55. The summed E-state index contributed by atoms with van der Waals surface area (Å²) in [6.07, 6.45) is -0.737. The molecule has 1 aliphatic rings. The van der Waals surface area contributed by atoms with Crippen molar-refractivity contribution >= 4 is 28.5 Å². The number of nitrogens with zero attached hydrogens (tertiary/aromatic N) is 3. The van der Waals surface area contributed by atoms with Gasteiger partial charge in [0.05, 0.1) is 23.3 Å². The largest absolute Gasteiger partial charge is 0.477 e. The minimum Gasteiger partial charge on any atom is -0.477 e. The van der Waals surface area contributed by atoms with Crippen molar-refractivity contribution in [2.75, 3.05) is 18.0 Å². The van der Waals surface area contributed by atoms with E-state index in [0.29, 0.717) is 24.5 Å². The summed E-state index contributed by atoms with van der Waals surface area (Å²) < 4.78 is 7.91. The number of imidazole rings is 1. The summed E-state index contributed by atoms with van der Waals surface area (Å²) >= 11 is 0. The van der Waals surface area contributed by atoms with E-state index in [2.05, 4.69) is 14.9 Å². The number of hydrogen-bond donors (Lipinski definition) is 1. The Morgan fingerprint density at radius 3 is 2.75 bits per heavy atom. The van der Waals surface area contributed by atoms with Crippen LogP contribution in [0, 0.1) is 6.92 Å². The van der Waals surface area contributed by atoms with Gasteiger partial charge >= 0.3 is 0 Å². The Morgan fingerprint density at radius 1 is 1.18 bits per heavy atom. The molecule has 1 aliphatic heterocycles. The van der Waals surface area contributed by atoms with E-state index in [0.717, 1.165) is 16.9 Å². The molecule has 1 atom stereocenters. The van der Waals surface area contributed by atoms with E-state index >= 15 is 0 Å². The molecule has 2 amide bonds. The highest BCUT2D eigenvalue weighted by Crippen LogP contribution is 2.33. The number of rotatable bonds is 4. The topological polar surface area (TPSA) is 76.5 Å². The number of benzene rings is 2. The molecule has 0 bridgehead atoms. The first-order valence-corrected chi connectivity index (χ1v) is 9.28. The third kappa shape index (κ3) is 3.31. The maximum Gasteiger partial charge on any atom is 0.263 e. The molecule has 0 saturated heterocycles. The molecule has 0 spiro atoms. The monoisotopic (exact) mass is 378 g/mol. The van der Waals surface area contributed by atoms with E-state index < -0.39 is 6.10 Å². The quantitative estimate of drug-likeness (QED) is 0.756. The summed E-state index contributed by atoms with van der Waals surface area (Å²) in [6.45, 7) is 4.70. The first-order valence-electron chi connectivity index (χ1n) is 9.28. The fraction of sp³-hybridized carbons (Fsp3) is 0.286. The van der Waals surface area contributed by atoms with Crippen molar-refractivity contribution < 1.29 is 14.3 Å². The molecule has 28 heavy (non-hydrogen) atoms. The SMILES string of the molecule is CC(=O)N1CC(C(=O)NCCn2c(C)nc3ccccc32)Oc2ccccc21. The van der Waals surface area contributed by atoms with E-state index in [9.17, 15) is 9.59 Å². The number of nitrogens with one attached hydrogen (secondary N) is 1. The molecule has 0 fully saturated rings. The zero-order valence-electron chi connectivity index (χ0n) is 15.9. The summed E-state index contributed by atoms with van der Waals surface area (Å²) in [5, 5.41) is 2.92. The number of fused-ring (bicyclic) bond motifs is 2. The summed E-state index contributed by atoms with van der Waals surface area (Å²) in [5.41, 5.74) is 2.68. The van der Waals surface area contributed by atoms with Crippen LogP contribution in [0.1, 0.15) is 12.7 Å². The number of anilines is 1. The van der Waals surface area contributed by atoms with Crippen molar-refractivity contribution in [2.24, 2.45) is 0 Å². The number of ether oxygens (including phenoxy) is 1. The van der Waals surface area contributed by atoms with Crippen molar-refractivity contribution in [3.05, 3.63) is 54.4 Å². The molecule has 0 radical (unpaired) electrons. The predicted octanol–water partition coefficient (Wildman–Crippen LogP) is 2.28. The molecule has 1 N–H and O–H groups in total. The average Bonchev–Trinajstić information content (AvgIpc) is 3.02. The third-order valence-electron chi connectivity index (χ3n) is 4.93. The van der Waals surface area contributed by atoms with Crippen molar-refractivity contribution in [1.29, 1.82) is 0 Å². The molecule has 4 rings (SSSR count). The Kier molecular flexibility index (Phi) is 4.73. The van der Waals surface area contributed by atoms with Crippen molar-refractivity contribution in [3.8, 4) is 5.75 Å². The highest BCUT2D eigenvalue weighted by Gasteiger charge is 2.32. The van der Waals surface area contributed by atoms with Gasteiger partial charge < -0.3 is 19.5 Å². The summed E-state index contributed by atoms with van der Waals surface area (Å²) in [4.78, 5) is 30.8. The number of hydrogen-bond acceptors (Lipinski definition) is 4. The fourth-order valence-electron chi connectivity index (χ4n) is 3.55. The van der Waals surface area contributed by atoms with Gasteiger partial charge in [-0.2, -0.15) is 0 Å². The molecule has 2 heterocycles. The maximum absolute atomic E-state index is 12.7.